The Morgan fingerprint density at radius 3 is 2.56 bits per heavy atom. The fourth-order valence-corrected chi connectivity index (χ4v) is 5.26. The van der Waals surface area contributed by atoms with Crippen molar-refractivity contribution in [2.75, 3.05) is 13.1 Å². The summed E-state index contributed by atoms with van der Waals surface area (Å²) in [6, 6.07) is 0.608. The van der Waals surface area contributed by atoms with Gasteiger partial charge in [-0.3, -0.25) is 14.5 Å². The maximum absolute atomic E-state index is 12.8. The number of hydrogen-bond acceptors (Lipinski definition) is 4. The lowest BCUT2D eigenvalue weighted by Crippen LogP contribution is -2.43. The highest BCUT2D eigenvalue weighted by molar-refractivity contribution is 5.81. The highest BCUT2D eigenvalue weighted by Crippen LogP contribution is 2.37. The third kappa shape index (κ3) is 3.33. The molecular formula is C21H30N4O2. The Morgan fingerprint density at radius 1 is 1.00 bits per heavy atom. The number of carbonyl (C=O) groups excluding carboxylic acids is 1. The molecule has 1 aromatic rings. The van der Waals surface area contributed by atoms with Gasteiger partial charge in [-0.25, -0.2) is 4.98 Å². The molecule has 6 nitrogen and oxygen atoms in total. The molecule has 27 heavy (non-hydrogen) atoms. The van der Waals surface area contributed by atoms with E-state index in [1.807, 2.05) is 4.90 Å². The Kier molecular flexibility index (Phi) is 4.54. The minimum Gasteiger partial charge on any atom is -0.332 e. The predicted octanol–water partition coefficient (Wildman–Crippen LogP) is 2.53. The Morgan fingerprint density at radius 2 is 1.78 bits per heavy atom. The van der Waals surface area contributed by atoms with Gasteiger partial charge < -0.3 is 9.88 Å². The average molecular weight is 370 g/mol. The first kappa shape index (κ1) is 17.4. The normalized spacial score (nSPS) is 27.0. The summed E-state index contributed by atoms with van der Waals surface area (Å²) in [5.74, 6) is 1.21. The van der Waals surface area contributed by atoms with Crippen molar-refractivity contribution in [1.82, 2.24) is 19.8 Å². The molecule has 2 saturated carbocycles. The fourth-order valence-electron chi connectivity index (χ4n) is 5.26. The molecule has 1 unspecified atom stereocenters. The van der Waals surface area contributed by atoms with Gasteiger partial charge >= 0.3 is 0 Å². The quantitative estimate of drug-likeness (QED) is 0.888. The van der Waals surface area contributed by atoms with E-state index in [0.717, 1.165) is 75.2 Å². The zero-order valence-corrected chi connectivity index (χ0v) is 16.1. The summed E-state index contributed by atoms with van der Waals surface area (Å²) in [5.41, 5.74) is 1.84. The highest BCUT2D eigenvalue weighted by atomic mass is 16.2. The standard InChI is InChI=1S/C21H30N4O2/c26-20-16-10-12-24(15-5-1-2-6-15)13-17(16)22-19(23-20)18-7-3-4-11-25(18)21(27)14-8-9-14/h14-15,18H,1-13H2,(H,22,23,26). The number of nitrogens with one attached hydrogen (secondary N) is 1. The molecule has 146 valence electrons. The number of rotatable bonds is 3. The van der Waals surface area contributed by atoms with Crippen LogP contribution in [0.25, 0.3) is 0 Å². The first-order valence-corrected chi connectivity index (χ1v) is 10.9. The SMILES string of the molecule is O=C(C1CC1)N1CCCCC1c1nc2c(c(=O)[nH]1)CCN(C1CCCC1)C2. The summed E-state index contributed by atoms with van der Waals surface area (Å²) >= 11 is 0. The Balaban J connectivity index is 1.43. The second-order valence-corrected chi connectivity index (χ2v) is 8.85. The van der Waals surface area contributed by atoms with Crippen molar-refractivity contribution < 1.29 is 4.79 Å². The van der Waals surface area contributed by atoms with Gasteiger partial charge in [0.15, 0.2) is 0 Å². The Labute approximate surface area is 160 Å². The summed E-state index contributed by atoms with van der Waals surface area (Å²) in [4.78, 5) is 38.0. The van der Waals surface area contributed by atoms with Crippen molar-refractivity contribution >= 4 is 5.91 Å². The number of aromatic amines is 1. The van der Waals surface area contributed by atoms with Crippen LogP contribution < -0.4 is 5.56 Å². The van der Waals surface area contributed by atoms with Crippen LogP contribution in [0.4, 0.5) is 0 Å². The van der Waals surface area contributed by atoms with Crippen LogP contribution in [0.15, 0.2) is 4.79 Å². The molecule has 0 radical (unpaired) electrons. The molecule has 3 fully saturated rings. The molecule has 4 aliphatic rings. The average Bonchev–Trinajstić information content (AvgIpc) is 3.40. The van der Waals surface area contributed by atoms with Crippen LogP contribution in [0, 0.1) is 5.92 Å². The smallest absolute Gasteiger partial charge is 0.254 e. The second kappa shape index (κ2) is 7.04. The van der Waals surface area contributed by atoms with Crippen molar-refractivity contribution in [2.24, 2.45) is 5.92 Å². The number of carbonyl (C=O) groups is 1. The number of aromatic nitrogens is 2. The molecule has 2 aliphatic carbocycles. The van der Waals surface area contributed by atoms with Crippen LogP contribution in [0.2, 0.25) is 0 Å². The number of fused-ring (bicyclic) bond motifs is 1. The summed E-state index contributed by atoms with van der Waals surface area (Å²) in [6.07, 6.45) is 11.1. The van der Waals surface area contributed by atoms with Gasteiger partial charge in [-0.1, -0.05) is 12.8 Å². The number of likely N-dealkylation sites (tertiary alicyclic amines) is 1. The van der Waals surface area contributed by atoms with Gasteiger partial charge in [0.05, 0.1) is 11.7 Å². The minimum absolute atomic E-state index is 0.0190. The molecule has 0 aromatic carbocycles. The molecule has 1 atom stereocenters. The van der Waals surface area contributed by atoms with E-state index in [4.69, 9.17) is 4.98 Å². The highest BCUT2D eigenvalue weighted by Gasteiger charge is 2.39. The monoisotopic (exact) mass is 370 g/mol. The van der Waals surface area contributed by atoms with Gasteiger partial charge in [-0.2, -0.15) is 0 Å². The number of amides is 1. The summed E-state index contributed by atoms with van der Waals surface area (Å²) in [5, 5.41) is 0. The topological polar surface area (TPSA) is 69.3 Å². The fraction of sp³-hybridized carbons (Fsp3) is 0.762. The number of piperidine rings is 1. The molecule has 5 rings (SSSR count). The van der Waals surface area contributed by atoms with E-state index in [1.54, 1.807) is 0 Å². The Bertz CT molecular complexity index is 779. The Hall–Kier alpha value is -1.69. The van der Waals surface area contributed by atoms with Crippen molar-refractivity contribution in [1.29, 1.82) is 0 Å². The largest absolute Gasteiger partial charge is 0.332 e. The van der Waals surface area contributed by atoms with E-state index >= 15 is 0 Å². The lowest BCUT2D eigenvalue weighted by atomic mass is 9.99. The van der Waals surface area contributed by atoms with E-state index in [-0.39, 0.29) is 23.4 Å². The molecule has 3 heterocycles. The first-order chi connectivity index (χ1) is 13.2. The van der Waals surface area contributed by atoms with Crippen LogP contribution in [0.1, 0.15) is 80.9 Å². The number of hydrogen-bond donors (Lipinski definition) is 1. The number of H-pyrrole nitrogens is 1. The van der Waals surface area contributed by atoms with Crippen molar-refractivity contribution in [2.45, 2.75) is 82.8 Å². The maximum atomic E-state index is 12.8. The molecule has 1 amide bonds. The van der Waals surface area contributed by atoms with Crippen molar-refractivity contribution in [3.63, 3.8) is 0 Å². The van der Waals surface area contributed by atoms with Crippen molar-refractivity contribution in [3.8, 4) is 0 Å². The zero-order chi connectivity index (χ0) is 18.4. The lowest BCUT2D eigenvalue weighted by molar-refractivity contribution is -0.136. The lowest BCUT2D eigenvalue weighted by Gasteiger charge is -2.36. The molecule has 0 bridgehead atoms. The van der Waals surface area contributed by atoms with Gasteiger partial charge in [0.1, 0.15) is 5.82 Å². The number of nitrogens with zero attached hydrogens (tertiary/aromatic N) is 3. The van der Waals surface area contributed by atoms with E-state index in [9.17, 15) is 9.59 Å². The van der Waals surface area contributed by atoms with E-state index in [0.29, 0.717) is 6.04 Å². The van der Waals surface area contributed by atoms with Crippen LogP contribution in [0.3, 0.4) is 0 Å². The van der Waals surface area contributed by atoms with E-state index < -0.39 is 0 Å². The van der Waals surface area contributed by atoms with Gasteiger partial charge in [0, 0.05) is 37.2 Å². The first-order valence-electron chi connectivity index (χ1n) is 10.9. The van der Waals surface area contributed by atoms with Gasteiger partial charge in [0.25, 0.3) is 5.56 Å². The van der Waals surface area contributed by atoms with E-state index in [1.165, 1.54) is 25.7 Å². The van der Waals surface area contributed by atoms with Crippen LogP contribution >= 0.6 is 0 Å². The second-order valence-electron chi connectivity index (χ2n) is 8.85. The predicted molar refractivity (Wildman–Crippen MR) is 102 cm³/mol. The van der Waals surface area contributed by atoms with Crippen molar-refractivity contribution in [3.05, 3.63) is 27.4 Å². The summed E-state index contributed by atoms with van der Waals surface area (Å²) in [7, 11) is 0. The molecule has 0 spiro atoms. The molecule has 1 N–H and O–H groups in total. The zero-order valence-electron chi connectivity index (χ0n) is 16.1. The molecule has 2 aliphatic heterocycles. The molecule has 1 saturated heterocycles. The summed E-state index contributed by atoms with van der Waals surface area (Å²) < 4.78 is 0. The third-order valence-electron chi connectivity index (χ3n) is 6.99. The van der Waals surface area contributed by atoms with Crippen LogP contribution in [-0.2, 0) is 17.8 Å². The van der Waals surface area contributed by atoms with Crippen LogP contribution in [-0.4, -0.2) is 44.8 Å². The molecule has 6 heteroatoms. The van der Waals surface area contributed by atoms with E-state index in [2.05, 4.69) is 9.88 Å². The van der Waals surface area contributed by atoms with Gasteiger partial charge in [-0.15, -0.1) is 0 Å². The molecule has 1 aromatic heterocycles. The van der Waals surface area contributed by atoms with Gasteiger partial charge in [0.2, 0.25) is 5.91 Å². The summed E-state index contributed by atoms with van der Waals surface area (Å²) in [6.45, 7) is 2.56. The van der Waals surface area contributed by atoms with Crippen LogP contribution in [0.5, 0.6) is 0 Å². The van der Waals surface area contributed by atoms with Gasteiger partial charge in [-0.05, 0) is 51.4 Å². The third-order valence-corrected chi connectivity index (χ3v) is 6.99. The minimum atomic E-state index is -0.0493. The maximum Gasteiger partial charge on any atom is 0.254 e. The molecular weight excluding hydrogens is 340 g/mol.